The Morgan fingerprint density at radius 2 is 2.24 bits per heavy atom. The quantitative estimate of drug-likeness (QED) is 0.686. The molecule has 1 aromatic carbocycles. The second-order valence-corrected chi connectivity index (χ2v) is 7.22. The maximum absolute atomic E-state index is 12.6. The molecule has 1 N–H and O–H groups in total. The summed E-state index contributed by atoms with van der Waals surface area (Å²) in [7, 11) is -3.67. The minimum atomic E-state index is -3.67. The molecule has 0 radical (unpaired) electrons. The normalized spacial score (nSPS) is 14.1. The minimum Gasteiger partial charge on any atom is -0.307 e. The van der Waals surface area contributed by atoms with Crippen molar-refractivity contribution in [1.29, 1.82) is 0 Å². The fourth-order valence-corrected chi connectivity index (χ4v) is 4.07. The van der Waals surface area contributed by atoms with Crippen molar-refractivity contribution >= 4 is 34.2 Å². The van der Waals surface area contributed by atoms with Gasteiger partial charge in [0.15, 0.2) is 0 Å². The van der Waals surface area contributed by atoms with Gasteiger partial charge in [0.2, 0.25) is 0 Å². The Hall–Kier alpha value is -1.64. The third-order valence-electron chi connectivity index (χ3n) is 3.33. The second kappa shape index (κ2) is 5.28. The lowest BCUT2D eigenvalue weighted by atomic mass is 10.3. The van der Waals surface area contributed by atoms with Crippen LogP contribution in [0.15, 0.2) is 39.2 Å². The van der Waals surface area contributed by atoms with Crippen LogP contribution < -0.4 is 5.32 Å². The summed E-state index contributed by atoms with van der Waals surface area (Å²) < 4.78 is 26.3. The highest BCUT2D eigenvalue weighted by Gasteiger charge is 2.23. The molecule has 0 aliphatic carbocycles. The smallest absolute Gasteiger partial charge is 0.283 e. The monoisotopic (exact) mass is 322 g/mol. The van der Waals surface area contributed by atoms with Crippen LogP contribution in [0.5, 0.6) is 0 Å². The molecule has 1 aromatic heterocycles. The van der Waals surface area contributed by atoms with Gasteiger partial charge in [0.1, 0.15) is 0 Å². The molecule has 2 heterocycles. The van der Waals surface area contributed by atoms with Gasteiger partial charge in [-0.25, -0.2) is 0 Å². The molecular weight excluding hydrogens is 308 g/mol. The van der Waals surface area contributed by atoms with E-state index in [0.717, 1.165) is 20.2 Å². The molecule has 0 fully saturated rings. The molecule has 0 saturated carbocycles. The highest BCUT2D eigenvalue weighted by atomic mass is 32.2. The first-order valence-electron chi connectivity index (χ1n) is 6.24. The average molecular weight is 322 g/mol. The summed E-state index contributed by atoms with van der Waals surface area (Å²) in [6.07, 6.45) is 3.44. The fourth-order valence-electron chi connectivity index (χ4n) is 2.21. The highest BCUT2D eigenvalue weighted by Crippen LogP contribution is 2.31. The van der Waals surface area contributed by atoms with Gasteiger partial charge in [-0.15, -0.1) is 11.8 Å². The van der Waals surface area contributed by atoms with Crippen LogP contribution in [0.1, 0.15) is 11.3 Å². The lowest BCUT2D eigenvalue weighted by Gasteiger charge is -2.08. The molecule has 0 saturated heterocycles. The van der Waals surface area contributed by atoms with E-state index >= 15 is 0 Å². The Bertz CT molecular complexity index is 790. The first-order valence-corrected chi connectivity index (χ1v) is 8.91. The van der Waals surface area contributed by atoms with Crippen LogP contribution in [0.2, 0.25) is 0 Å². The van der Waals surface area contributed by atoms with E-state index in [-0.39, 0.29) is 4.90 Å². The molecule has 8 heteroatoms. The summed E-state index contributed by atoms with van der Waals surface area (Å²) in [5.41, 5.74) is 2.38. The number of nitrogens with zero attached hydrogens (tertiary/aromatic N) is 3. The molecule has 2 aromatic rings. The summed E-state index contributed by atoms with van der Waals surface area (Å²) in [5, 5.41) is 7.29. The molecule has 0 spiro atoms. The molecule has 21 heavy (non-hydrogen) atoms. The van der Waals surface area contributed by atoms with E-state index in [0.29, 0.717) is 18.8 Å². The second-order valence-electron chi connectivity index (χ2n) is 4.57. The molecule has 6 nitrogen and oxygen atoms in total. The van der Waals surface area contributed by atoms with Crippen LogP contribution in [0.3, 0.4) is 0 Å². The van der Waals surface area contributed by atoms with Crippen molar-refractivity contribution in [3.8, 4) is 0 Å². The van der Waals surface area contributed by atoms with Gasteiger partial charge < -0.3 is 5.32 Å². The zero-order chi connectivity index (χ0) is 15.0. The number of benzene rings is 1. The first-order chi connectivity index (χ1) is 10.1. The van der Waals surface area contributed by atoms with Crippen LogP contribution in [0.25, 0.3) is 0 Å². The molecule has 0 amide bonds. The Balaban J connectivity index is 2.07. The molecule has 110 valence electrons. The molecule has 0 unspecified atom stereocenters. The summed E-state index contributed by atoms with van der Waals surface area (Å²) >= 11 is 1.43. The van der Waals surface area contributed by atoms with Gasteiger partial charge in [-0.3, -0.25) is 4.99 Å². The summed E-state index contributed by atoms with van der Waals surface area (Å²) in [6, 6.07) is 4.80. The van der Waals surface area contributed by atoms with Crippen LogP contribution in [-0.2, 0) is 23.1 Å². The zero-order valence-corrected chi connectivity index (χ0v) is 13.0. The van der Waals surface area contributed by atoms with E-state index in [1.54, 1.807) is 18.3 Å². The van der Waals surface area contributed by atoms with Crippen molar-refractivity contribution in [2.75, 3.05) is 6.26 Å². The lowest BCUT2D eigenvalue weighted by molar-refractivity contribution is 0.577. The molecular formula is C13H14N4O2S2. The third kappa shape index (κ3) is 2.39. The maximum atomic E-state index is 12.6. The number of fused-ring (bicyclic) bond motifs is 1. The number of aromatic nitrogens is 2. The summed E-state index contributed by atoms with van der Waals surface area (Å²) in [5.74, 6) is 0. The van der Waals surface area contributed by atoms with Gasteiger partial charge in [0.05, 0.1) is 16.3 Å². The number of hydrogen-bond donors (Lipinski definition) is 1. The van der Waals surface area contributed by atoms with Crippen LogP contribution >= 0.6 is 11.8 Å². The predicted molar refractivity (Wildman–Crippen MR) is 82.8 cm³/mol. The number of nitrogens with one attached hydrogen (secondary N) is 1. The van der Waals surface area contributed by atoms with Crippen molar-refractivity contribution in [1.82, 2.24) is 14.5 Å². The number of thioether (sulfide) groups is 1. The number of rotatable bonds is 4. The van der Waals surface area contributed by atoms with E-state index in [9.17, 15) is 8.42 Å². The summed E-state index contributed by atoms with van der Waals surface area (Å²) in [4.78, 5) is 4.85. The Morgan fingerprint density at radius 1 is 1.43 bits per heavy atom. The molecule has 1 aliphatic heterocycles. The number of hydrogen-bond acceptors (Lipinski definition) is 6. The molecule has 3 rings (SSSR count). The molecule has 0 bridgehead atoms. The predicted octanol–water partition coefficient (Wildman–Crippen LogP) is 1.78. The minimum absolute atomic E-state index is 0.202. The van der Waals surface area contributed by atoms with Crippen LogP contribution in [-0.4, -0.2) is 30.6 Å². The van der Waals surface area contributed by atoms with Gasteiger partial charge in [0.25, 0.3) is 10.0 Å². The Morgan fingerprint density at radius 3 is 2.90 bits per heavy atom. The highest BCUT2D eigenvalue weighted by molar-refractivity contribution is 7.98. The molecule has 1 aliphatic rings. The van der Waals surface area contributed by atoms with Gasteiger partial charge >= 0.3 is 0 Å². The molecule has 0 atom stereocenters. The van der Waals surface area contributed by atoms with Gasteiger partial charge in [-0.2, -0.15) is 17.6 Å². The lowest BCUT2D eigenvalue weighted by Crippen LogP contribution is -2.15. The van der Waals surface area contributed by atoms with E-state index < -0.39 is 10.0 Å². The summed E-state index contributed by atoms with van der Waals surface area (Å²) in [6.45, 7) is 4.74. The first kappa shape index (κ1) is 14.3. The van der Waals surface area contributed by atoms with Crippen LogP contribution in [0, 0.1) is 0 Å². The number of aliphatic imine (C=N–C) groups is 1. The van der Waals surface area contributed by atoms with Crippen molar-refractivity contribution in [3.63, 3.8) is 0 Å². The Labute approximate surface area is 127 Å². The van der Waals surface area contributed by atoms with Crippen LogP contribution in [0.4, 0.5) is 5.69 Å². The van der Waals surface area contributed by atoms with E-state index in [1.165, 1.54) is 17.8 Å². The van der Waals surface area contributed by atoms with Gasteiger partial charge in [-0.05, 0) is 31.2 Å². The third-order valence-corrected chi connectivity index (χ3v) is 5.63. The fraction of sp³-hybridized carbons (Fsp3) is 0.231. The van der Waals surface area contributed by atoms with E-state index in [1.807, 2.05) is 6.26 Å². The van der Waals surface area contributed by atoms with Crippen molar-refractivity contribution in [2.45, 2.75) is 22.9 Å². The van der Waals surface area contributed by atoms with Crippen molar-refractivity contribution in [3.05, 3.63) is 35.7 Å². The zero-order valence-electron chi connectivity index (χ0n) is 11.4. The average Bonchev–Trinajstić information content (AvgIpc) is 3.07. The maximum Gasteiger partial charge on any atom is 0.283 e. The van der Waals surface area contributed by atoms with Crippen molar-refractivity contribution in [2.24, 2.45) is 4.99 Å². The van der Waals surface area contributed by atoms with Gasteiger partial charge in [-0.1, -0.05) is 0 Å². The van der Waals surface area contributed by atoms with Crippen molar-refractivity contribution < 1.29 is 8.42 Å². The largest absolute Gasteiger partial charge is 0.307 e. The van der Waals surface area contributed by atoms with Gasteiger partial charge in [0, 0.05) is 29.7 Å². The van der Waals surface area contributed by atoms with E-state index in [4.69, 9.17) is 0 Å². The van der Waals surface area contributed by atoms with E-state index in [2.05, 4.69) is 22.1 Å². The standard InChI is InChI=1S/C13H14N4O2S2/c1-14-11-4-3-10(5-13(11)20-2)21(18,19)17-8-9-6-15-7-12(9)16-17/h3-5,8,15H,1,6-7H2,2H3. The topological polar surface area (TPSA) is 76.3 Å². The SMILES string of the molecule is C=Nc1ccc(S(=O)(=O)n2cc3c(n2)CNC3)cc1SC. The Kier molecular flexibility index (Phi) is 3.60.